The van der Waals surface area contributed by atoms with E-state index in [9.17, 15) is 0 Å². The quantitative estimate of drug-likeness (QED) is 0.150. The summed E-state index contributed by atoms with van der Waals surface area (Å²) in [7, 11) is 0. The van der Waals surface area contributed by atoms with Crippen molar-refractivity contribution in [2.24, 2.45) is 0 Å². The number of anilines is 1. The predicted molar refractivity (Wildman–Crippen MR) is 238 cm³/mol. The Labute approximate surface area is 328 Å². The summed E-state index contributed by atoms with van der Waals surface area (Å²) in [6.07, 6.45) is 15.1. The molecule has 54 heavy (non-hydrogen) atoms. The van der Waals surface area contributed by atoms with Gasteiger partial charge in [0.25, 0.3) is 0 Å². The van der Waals surface area contributed by atoms with Crippen LogP contribution in [0, 0.1) is 0 Å². The van der Waals surface area contributed by atoms with E-state index in [1.807, 2.05) is 34.0 Å². The summed E-state index contributed by atoms with van der Waals surface area (Å²) >= 11 is 5.64. The number of rotatable bonds is 8. The highest BCUT2D eigenvalue weighted by Gasteiger charge is 2.25. The molecule has 0 fully saturated rings. The minimum absolute atomic E-state index is 0.195. The fourth-order valence-electron chi connectivity index (χ4n) is 7.85. The van der Waals surface area contributed by atoms with Gasteiger partial charge in [-0.05, 0) is 113 Å². The first-order chi connectivity index (χ1) is 26.7. The lowest BCUT2D eigenvalue weighted by Gasteiger charge is -2.36. The van der Waals surface area contributed by atoms with Crippen molar-refractivity contribution in [3.05, 3.63) is 197 Å². The Balaban J connectivity index is 1.02. The molecule has 1 atom stereocenters. The largest absolute Gasteiger partial charge is 0.338 e. The first kappa shape index (κ1) is 33.1. The predicted octanol–water partition coefficient (Wildman–Crippen LogP) is 15.2. The molecule has 0 aliphatic heterocycles. The summed E-state index contributed by atoms with van der Waals surface area (Å²) in [6.45, 7) is 0. The van der Waals surface area contributed by atoms with Crippen molar-refractivity contribution >= 4 is 71.0 Å². The van der Waals surface area contributed by atoms with Crippen LogP contribution in [0.1, 0.15) is 29.0 Å². The summed E-state index contributed by atoms with van der Waals surface area (Å²) in [5.41, 5.74) is 10.3. The highest BCUT2D eigenvalue weighted by Crippen LogP contribution is 2.41. The molecule has 4 heteroatoms. The zero-order chi connectivity index (χ0) is 35.8. The second kappa shape index (κ2) is 14.4. The molecule has 3 heterocycles. The molecular weight excluding hydrogens is 711 g/mol. The number of hydrogen-bond acceptors (Lipinski definition) is 4. The third kappa shape index (κ3) is 6.41. The van der Waals surface area contributed by atoms with Crippen molar-refractivity contribution in [2.75, 3.05) is 4.90 Å². The molecular formula is C50H37NS3. The van der Waals surface area contributed by atoms with Gasteiger partial charge in [0.2, 0.25) is 0 Å². The van der Waals surface area contributed by atoms with E-state index < -0.39 is 0 Å². The number of allylic oxidation sites excluding steroid dienone is 6. The van der Waals surface area contributed by atoms with E-state index in [0.29, 0.717) is 0 Å². The normalized spacial score (nSPS) is 15.6. The first-order valence-corrected chi connectivity index (χ1v) is 21.1. The Morgan fingerprint density at radius 1 is 0.500 bits per heavy atom. The molecule has 0 N–H and O–H groups in total. The van der Waals surface area contributed by atoms with Crippen LogP contribution in [-0.2, 0) is 0 Å². The Bertz CT molecular complexity index is 2740. The van der Waals surface area contributed by atoms with E-state index in [4.69, 9.17) is 0 Å². The molecule has 5 aromatic carbocycles. The summed E-state index contributed by atoms with van der Waals surface area (Å²) in [5.74, 6) is 0. The van der Waals surface area contributed by atoms with Crippen molar-refractivity contribution in [1.29, 1.82) is 0 Å². The molecule has 0 amide bonds. The van der Waals surface area contributed by atoms with Gasteiger partial charge in [0.1, 0.15) is 0 Å². The van der Waals surface area contributed by atoms with Crippen molar-refractivity contribution in [1.82, 2.24) is 0 Å². The Morgan fingerprint density at radius 3 is 1.87 bits per heavy atom. The lowest BCUT2D eigenvalue weighted by atomic mass is 9.95. The molecule has 2 aliphatic carbocycles. The van der Waals surface area contributed by atoms with Gasteiger partial charge in [-0.3, -0.25) is 0 Å². The Morgan fingerprint density at radius 2 is 1.13 bits per heavy atom. The summed E-state index contributed by atoms with van der Waals surface area (Å²) < 4.78 is 2.68. The molecule has 1 nitrogen and oxygen atoms in total. The fraction of sp³-hybridized carbons (Fsp3) is 0.0800. The van der Waals surface area contributed by atoms with Crippen LogP contribution in [0.4, 0.5) is 5.69 Å². The highest BCUT2D eigenvalue weighted by molar-refractivity contribution is 7.25. The van der Waals surface area contributed by atoms with E-state index in [0.717, 1.165) is 19.3 Å². The van der Waals surface area contributed by atoms with E-state index in [1.165, 1.54) is 84.5 Å². The molecule has 0 saturated carbocycles. The van der Waals surface area contributed by atoms with Crippen LogP contribution in [0.25, 0.3) is 63.3 Å². The summed E-state index contributed by atoms with van der Waals surface area (Å²) in [5, 5.41) is 2.68. The standard InChI is InChI=1S/C50H37NS3/c1-3-11-35(12-4-1)45-27-29-47(52-45)38-15-9-17-41(31-38)51(42-18-10-16-39(32-42)48-30-28-46(53-48)36-13-5-2-6-14-36)40-24-21-34(22-25-40)37-23-26-50-44(33-37)43-19-7-8-20-49(43)54-50/h1-9,11-16,19-33,41H,10,17-18H2. The number of thiophene rings is 3. The lowest BCUT2D eigenvalue weighted by molar-refractivity contribution is 0.723. The van der Waals surface area contributed by atoms with Gasteiger partial charge in [-0.2, -0.15) is 0 Å². The molecule has 260 valence electrons. The van der Waals surface area contributed by atoms with E-state index in [1.54, 1.807) is 0 Å². The van der Waals surface area contributed by atoms with Gasteiger partial charge in [-0.15, -0.1) is 34.0 Å². The van der Waals surface area contributed by atoms with Gasteiger partial charge in [0.05, 0.1) is 6.04 Å². The Hall–Kier alpha value is -5.52. The summed E-state index contributed by atoms with van der Waals surface area (Å²) in [6, 6.07) is 55.8. The number of nitrogens with zero attached hydrogens (tertiary/aromatic N) is 1. The minimum atomic E-state index is 0.195. The van der Waals surface area contributed by atoms with E-state index in [-0.39, 0.29) is 6.04 Å². The zero-order valence-corrected chi connectivity index (χ0v) is 32.1. The van der Waals surface area contributed by atoms with Gasteiger partial charge in [-0.1, -0.05) is 121 Å². The highest BCUT2D eigenvalue weighted by atomic mass is 32.1. The van der Waals surface area contributed by atoms with Crippen molar-refractivity contribution < 1.29 is 0 Å². The number of hydrogen-bond donors (Lipinski definition) is 0. The third-order valence-corrected chi connectivity index (χ3v) is 14.0. The van der Waals surface area contributed by atoms with Crippen LogP contribution >= 0.6 is 34.0 Å². The maximum atomic E-state index is 2.62. The van der Waals surface area contributed by atoms with Gasteiger partial charge >= 0.3 is 0 Å². The maximum Gasteiger partial charge on any atom is 0.0562 e. The molecule has 0 bridgehead atoms. The van der Waals surface area contributed by atoms with Crippen molar-refractivity contribution in [3.8, 4) is 32.0 Å². The Kier molecular flexibility index (Phi) is 8.80. The second-order valence-electron chi connectivity index (χ2n) is 13.9. The fourth-order valence-corrected chi connectivity index (χ4v) is 11.0. The molecule has 3 aromatic heterocycles. The summed E-state index contributed by atoms with van der Waals surface area (Å²) in [4.78, 5) is 7.87. The number of benzene rings is 5. The molecule has 0 spiro atoms. The first-order valence-electron chi connectivity index (χ1n) is 18.6. The molecule has 0 radical (unpaired) electrons. The molecule has 8 aromatic rings. The molecule has 0 saturated heterocycles. The average molecular weight is 748 g/mol. The molecule has 1 unspecified atom stereocenters. The van der Waals surface area contributed by atoms with Crippen LogP contribution in [0.5, 0.6) is 0 Å². The van der Waals surface area contributed by atoms with Gasteiger partial charge in [0, 0.05) is 51.1 Å². The second-order valence-corrected chi connectivity index (χ2v) is 17.2. The zero-order valence-electron chi connectivity index (χ0n) is 29.7. The smallest absolute Gasteiger partial charge is 0.0562 e. The van der Waals surface area contributed by atoms with Crippen LogP contribution in [-0.4, -0.2) is 6.04 Å². The topological polar surface area (TPSA) is 3.24 Å². The van der Waals surface area contributed by atoms with Crippen molar-refractivity contribution in [2.45, 2.75) is 25.3 Å². The molecule has 10 rings (SSSR count). The minimum Gasteiger partial charge on any atom is -0.338 e. The van der Waals surface area contributed by atoms with Gasteiger partial charge in [-0.25, -0.2) is 0 Å². The van der Waals surface area contributed by atoms with Crippen LogP contribution < -0.4 is 4.90 Å². The van der Waals surface area contributed by atoms with E-state index in [2.05, 4.69) is 187 Å². The third-order valence-electron chi connectivity index (χ3n) is 10.5. The van der Waals surface area contributed by atoms with Crippen LogP contribution in [0.3, 0.4) is 0 Å². The van der Waals surface area contributed by atoms with Crippen LogP contribution in [0.2, 0.25) is 0 Å². The average Bonchev–Trinajstić information content (AvgIpc) is 4.02. The van der Waals surface area contributed by atoms with Crippen LogP contribution in [0.15, 0.2) is 188 Å². The van der Waals surface area contributed by atoms with Crippen molar-refractivity contribution in [3.63, 3.8) is 0 Å². The monoisotopic (exact) mass is 747 g/mol. The molecule has 2 aliphatic rings. The number of fused-ring (bicyclic) bond motifs is 3. The SMILES string of the molecule is C1=CC(c2ccc(-c3ccccc3)s2)=CC(N(C2=CC(c3ccc(-c4ccccc4)s3)=CCC2)c2ccc(-c3ccc4sc5ccccc5c4c3)cc2)C1. The van der Waals surface area contributed by atoms with Gasteiger partial charge < -0.3 is 4.90 Å². The maximum absolute atomic E-state index is 2.62. The lowest BCUT2D eigenvalue weighted by Crippen LogP contribution is -2.34. The van der Waals surface area contributed by atoms with E-state index >= 15 is 0 Å². The van der Waals surface area contributed by atoms with Gasteiger partial charge in [0.15, 0.2) is 0 Å².